The maximum absolute atomic E-state index is 13.1. The average Bonchev–Trinajstić information content (AvgIpc) is 3.30. The highest BCUT2D eigenvalue weighted by Gasteiger charge is 2.49. The number of hydrogen-bond acceptors (Lipinski definition) is 3. The summed E-state index contributed by atoms with van der Waals surface area (Å²) in [7, 11) is 0. The smallest absolute Gasteiger partial charge is 0.228 e. The summed E-state index contributed by atoms with van der Waals surface area (Å²) in [4.78, 5) is 15.6. The zero-order valence-corrected chi connectivity index (χ0v) is 15.2. The quantitative estimate of drug-likeness (QED) is 0.865. The molecule has 3 fully saturated rings. The lowest BCUT2D eigenvalue weighted by atomic mass is 9.67. The lowest BCUT2D eigenvalue weighted by molar-refractivity contribution is -0.134. The molecule has 0 spiro atoms. The number of fused-ring (bicyclic) bond motifs is 1. The highest BCUT2D eigenvalue weighted by molar-refractivity contribution is 5.83. The Hall–Kier alpha value is -1.39. The summed E-state index contributed by atoms with van der Waals surface area (Å²) in [5, 5.41) is 6.78. The van der Waals surface area contributed by atoms with Gasteiger partial charge in [0.1, 0.15) is 0 Å². The third-order valence-corrected chi connectivity index (χ3v) is 6.64. The minimum atomic E-state index is -0.151. The molecule has 1 aromatic carbocycles. The van der Waals surface area contributed by atoms with E-state index in [0.29, 0.717) is 12.5 Å². The van der Waals surface area contributed by atoms with Crippen molar-refractivity contribution in [2.24, 2.45) is 11.3 Å². The highest BCUT2D eigenvalue weighted by atomic mass is 16.2. The van der Waals surface area contributed by atoms with Gasteiger partial charge in [0.25, 0.3) is 0 Å². The van der Waals surface area contributed by atoms with Gasteiger partial charge in [0, 0.05) is 19.6 Å². The van der Waals surface area contributed by atoms with Gasteiger partial charge < -0.3 is 10.6 Å². The minimum absolute atomic E-state index is 0.151. The standard InChI is InChI=1S/C21H31N3O/c25-20(21-10-4-3-9-19(21)14-22-16-21)23-13-17-7-1-2-8-18(17)15-24-11-5-6-12-24/h1-2,7-8,19,22H,3-6,9-16H2,(H,23,25)/t19-,21+/m0/s1. The van der Waals surface area contributed by atoms with E-state index in [1.54, 1.807) is 0 Å². The van der Waals surface area contributed by atoms with E-state index in [1.807, 2.05) is 0 Å². The second-order valence-corrected chi connectivity index (χ2v) is 8.16. The van der Waals surface area contributed by atoms with Crippen molar-refractivity contribution in [2.75, 3.05) is 26.2 Å². The Morgan fingerprint density at radius 1 is 1.16 bits per heavy atom. The van der Waals surface area contributed by atoms with Gasteiger partial charge in [0.15, 0.2) is 0 Å². The van der Waals surface area contributed by atoms with Crippen LogP contribution < -0.4 is 10.6 Å². The van der Waals surface area contributed by atoms with Crippen LogP contribution in [0.15, 0.2) is 24.3 Å². The highest BCUT2D eigenvalue weighted by Crippen LogP contribution is 2.43. The summed E-state index contributed by atoms with van der Waals surface area (Å²) in [6.45, 7) is 5.96. The van der Waals surface area contributed by atoms with Gasteiger partial charge in [-0.05, 0) is 62.4 Å². The van der Waals surface area contributed by atoms with Crippen LogP contribution in [-0.2, 0) is 17.9 Å². The molecule has 3 aliphatic rings. The number of hydrogen-bond donors (Lipinski definition) is 2. The molecule has 0 aromatic heterocycles. The lowest BCUT2D eigenvalue weighted by Crippen LogP contribution is -2.47. The molecule has 2 atom stereocenters. The third kappa shape index (κ3) is 3.47. The van der Waals surface area contributed by atoms with Crippen LogP contribution in [0.4, 0.5) is 0 Å². The third-order valence-electron chi connectivity index (χ3n) is 6.64. The molecule has 1 amide bonds. The van der Waals surface area contributed by atoms with E-state index in [2.05, 4.69) is 39.8 Å². The maximum atomic E-state index is 13.1. The monoisotopic (exact) mass is 341 g/mol. The van der Waals surface area contributed by atoms with Gasteiger partial charge in [-0.3, -0.25) is 9.69 Å². The molecule has 0 bridgehead atoms. The number of nitrogens with one attached hydrogen (secondary N) is 2. The molecule has 136 valence electrons. The van der Waals surface area contributed by atoms with Gasteiger partial charge in [0.05, 0.1) is 5.41 Å². The van der Waals surface area contributed by atoms with E-state index in [4.69, 9.17) is 0 Å². The van der Waals surface area contributed by atoms with Crippen molar-refractivity contribution < 1.29 is 4.79 Å². The van der Waals surface area contributed by atoms with Crippen molar-refractivity contribution in [2.45, 2.75) is 51.6 Å². The van der Waals surface area contributed by atoms with Crippen LogP contribution >= 0.6 is 0 Å². The van der Waals surface area contributed by atoms with Crippen molar-refractivity contribution in [3.05, 3.63) is 35.4 Å². The maximum Gasteiger partial charge on any atom is 0.228 e. The van der Waals surface area contributed by atoms with Crippen LogP contribution in [0, 0.1) is 11.3 Å². The Labute approximate surface area is 151 Å². The molecule has 25 heavy (non-hydrogen) atoms. The normalized spacial score (nSPS) is 29.5. The molecular formula is C21H31N3O. The molecular weight excluding hydrogens is 310 g/mol. The first-order chi connectivity index (χ1) is 12.3. The molecule has 2 saturated heterocycles. The Morgan fingerprint density at radius 2 is 1.96 bits per heavy atom. The van der Waals surface area contributed by atoms with Crippen LogP contribution in [-0.4, -0.2) is 37.0 Å². The summed E-state index contributed by atoms with van der Waals surface area (Å²) < 4.78 is 0. The van der Waals surface area contributed by atoms with Gasteiger partial charge in [-0.15, -0.1) is 0 Å². The number of likely N-dealkylation sites (tertiary alicyclic amines) is 1. The van der Waals surface area contributed by atoms with E-state index in [9.17, 15) is 4.79 Å². The summed E-state index contributed by atoms with van der Waals surface area (Å²) in [5.74, 6) is 0.805. The molecule has 0 radical (unpaired) electrons. The van der Waals surface area contributed by atoms with E-state index >= 15 is 0 Å². The topological polar surface area (TPSA) is 44.4 Å². The Morgan fingerprint density at radius 3 is 2.80 bits per heavy atom. The predicted octanol–water partition coefficient (Wildman–Crippen LogP) is 2.68. The second kappa shape index (κ2) is 7.46. The van der Waals surface area contributed by atoms with Crippen molar-refractivity contribution in [3.63, 3.8) is 0 Å². The van der Waals surface area contributed by atoms with Crippen LogP contribution in [0.1, 0.15) is 49.7 Å². The average molecular weight is 341 g/mol. The molecule has 0 unspecified atom stereocenters. The molecule has 1 aliphatic carbocycles. The minimum Gasteiger partial charge on any atom is -0.351 e. The number of amides is 1. The molecule has 2 aliphatic heterocycles. The summed E-state index contributed by atoms with van der Waals surface area (Å²) in [6.07, 6.45) is 7.35. The van der Waals surface area contributed by atoms with Crippen molar-refractivity contribution >= 4 is 5.91 Å². The first-order valence-electron chi connectivity index (χ1n) is 10.1. The molecule has 4 rings (SSSR count). The fraction of sp³-hybridized carbons (Fsp3) is 0.667. The zero-order valence-electron chi connectivity index (χ0n) is 15.2. The lowest BCUT2D eigenvalue weighted by Gasteiger charge is -2.37. The summed E-state index contributed by atoms with van der Waals surface area (Å²) in [6, 6.07) is 8.61. The Kier molecular flexibility index (Phi) is 5.09. The van der Waals surface area contributed by atoms with E-state index in [0.717, 1.165) is 26.1 Å². The predicted molar refractivity (Wildman–Crippen MR) is 100 cm³/mol. The van der Waals surface area contributed by atoms with Crippen LogP contribution in [0.2, 0.25) is 0 Å². The van der Waals surface area contributed by atoms with Gasteiger partial charge in [0.2, 0.25) is 5.91 Å². The van der Waals surface area contributed by atoms with Crippen molar-refractivity contribution in [1.82, 2.24) is 15.5 Å². The van der Waals surface area contributed by atoms with Gasteiger partial charge in [-0.25, -0.2) is 0 Å². The number of carbonyl (C=O) groups excluding carboxylic acids is 1. The van der Waals surface area contributed by atoms with Crippen molar-refractivity contribution in [1.29, 1.82) is 0 Å². The fourth-order valence-electron chi connectivity index (χ4n) is 5.11. The molecule has 4 nitrogen and oxygen atoms in total. The fourth-order valence-corrected chi connectivity index (χ4v) is 5.11. The summed E-state index contributed by atoms with van der Waals surface area (Å²) >= 11 is 0. The van der Waals surface area contributed by atoms with Gasteiger partial charge in [-0.1, -0.05) is 37.1 Å². The number of benzene rings is 1. The molecule has 1 saturated carbocycles. The van der Waals surface area contributed by atoms with E-state index in [1.165, 1.54) is 56.3 Å². The molecule has 1 aromatic rings. The van der Waals surface area contributed by atoms with Crippen LogP contribution in [0.5, 0.6) is 0 Å². The van der Waals surface area contributed by atoms with Crippen molar-refractivity contribution in [3.8, 4) is 0 Å². The van der Waals surface area contributed by atoms with Gasteiger partial charge in [-0.2, -0.15) is 0 Å². The first kappa shape index (κ1) is 17.0. The molecule has 4 heteroatoms. The largest absolute Gasteiger partial charge is 0.351 e. The van der Waals surface area contributed by atoms with E-state index < -0.39 is 0 Å². The second-order valence-electron chi connectivity index (χ2n) is 8.16. The number of rotatable bonds is 5. The Bertz CT molecular complexity index is 611. The zero-order chi connectivity index (χ0) is 17.1. The Balaban J connectivity index is 1.41. The molecule has 2 heterocycles. The van der Waals surface area contributed by atoms with Gasteiger partial charge >= 0.3 is 0 Å². The first-order valence-corrected chi connectivity index (χ1v) is 10.1. The van der Waals surface area contributed by atoms with E-state index in [-0.39, 0.29) is 11.3 Å². The van der Waals surface area contributed by atoms with Crippen LogP contribution in [0.25, 0.3) is 0 Å². The summed E-state index contributed by atoms with van der Waals surface area (Å²) in [5.41, 5.74) is 2.49. The number of nitrogens with zero attached hydrogens (tertiary/aromatic N) is 1. The number of carbonyl (C=O) groups is 1. The molecule has 2 N–H and O–H groups in total. The SMILES string of the molecule is O=C(NCc1ccccc1CN1CCCC1)[C@@]12CCCC[C@H]1CNC2. The van der Waals surface area contributed by atoms with Crippen LogP contribution in [0.3, 0.4) is 0 Å².